The molecule has 1 aromatic rings. The van der Waals surface area contributed by atoms with E-state index in [4.69, 9.17) is 5.73 Å². The number of anilines is 1. The maximum Gasteiger partial charge on any atom is 0.230 e. The molecule has 1 rings (SSSR count). The molecule has 0 spiro atoms. The van der Waals surface area contributed by atoms with Crippen molar-refractivity contribution >= 4 is 11.6 Å². The molecule has 18 heavy (non-hydrogen) atoms. The van der Waals surface area contributed by atoms with Gasteiger partial charge in [0.2, 0.25) is 5.91 Å². The summed E-state index contributed by atoms with van der Waals surface area (Å²) in [7, 11) is 0. The number of nitrogens with one attached hydrogen (secondary N) is 1. The van der Waals surface area contributed by atoms with Gasteiger partial charge >= 0.3 is 0 Å². The third kappa shape index (κ3) is 3.74. The molecule has 0 bridgehead atoms. The molecule has 0 fully saturated rings. The molecule has 1 amide bonds. The van der Waals surface area contributed by atoms with Crippen LogP contribution in [-0.2, 0) is 10.2 Å². The van der Waals surface area contributed by atoms with E-state index >= 15 is 0 Å². The van der Waals surface area contributed by atoms with E-state index in [1.807, 2.05) is 26.0 Å². The van der Waals surface area contributed by atoms with Crippen LogP contribution in [0.25, 0.3) is 0 Å². The summed E-state index contributed by atoms with van der Waals surface area (Å²) in [6.45, 7) is 7.23. The number of carbonyl (C=O) groups excluding carboxylic acids is 1. The summed E-state index contributed by atoms with van der Waals surface area (Å²) in [5.74, 6) is -0.116. The number of hydrogen-bond acceptors (Lipinski definition) is 3. The Kier molecular flexibility index (Phi) is 4.02. The van der Waals surface area contributed by atoms with Gasteiger partial charge < -0.3 is 16.2 Å². The van der Waals surface area contributed by atoms with E-state index in [0.29, 0.717) is 5.69 Å². The second-order valence-electron chi connectivity index (χ2n) is 5.74. The van der Waals surface area contributed by atoms with Gasteiger partial charge in [-0.2, -0.15) is 0 Å². The molecule has 0 unspecified atom stereocenters. The van der Waals surface area contributed by atoms with Gasteiger partial charge in [0, 0.05) is 12.2 Å². The molecular formula is C14H22N2O2. The number of aliphatic hydroxyl groups is 1. The van der Waals surface area contributed by atoms with Gasteiger partial charge in [-0.05, 0) is 45.4 Å². The average molecular weight is 250 g/mol. The summed E-state index contributed by atoms with van der Waals surface area (Å²) in [6.07, 6.45) is 0. The number of nitrogen functional groups attached to an aromatic ring is 1. The molecule has 0 radical (unpaired) electrons. The van der Waals surface area contributed by atoms with Crippen molar-refractivity contribution < 1.29 is 9.90 Å². The summed E-state index contributed by atoms with van der Waals surface area (Å²) in [5.41, 5.74) is 5.63. The fraction of sp³-hybridized carbons (Fsp3) is 0.500. The predicted molar refractivity (Wildman–Crippen MR) is 73.2 cm³/mol. The highest BCUT2D eigenvalue weighted by atomic mass is 16.3. The van der Waals surface area contributed by atoms with E-state index in [0.717, 1.165) is 5.56 Å². The van der Waals surface area contributed by atoms with E-state index < -0.39 is 11.0 Å². The normalized spacial score (nSPS) is 12.3. The highest BCUT2D eigenvalue weighted by Crippen LogP contribution is 2.24. The minimum Gasteiger partial charge on any atom is -0.399 e. The third-order valence-corrected chi connectivity index (χ3v) is 2.88. The van der Waals surface area contributed by atoms with Crippen LogP contribution in [0.3, 0.4) is 0 Å². The van der Waals surface area contributed by atoms with Crippen molar-refractivity contribution in [3.05, 3.63) is 29.8 Å². The molecule has 1 aromatic carbocycles. The molecule has 0 aliphatic rings. The lowest BCUT2D eigenvalue weighted by molar-refractivity contribution is -0.126. The van der Waals surface area contributed by atoms with E-state index in [1.165, 1.54) is 0 Å². The van der Waals surface area contributed by atoms with Crippen LogP contribution >= 0.6 is 0 Å². The highest BCUT2D eigenvalue weighted by molar-refractivity contribution is 5.87. The van der Waals surface area contributed by atoms with Gasteiger partial charge in [-0.1, -0.05) is 12.1 Å². The smallest absolute Gasteiger partial charge is 0.230 e. The van der Waals surface area contributed by atoms with E-state index in [1.54, 1.807) is 26.0 Å². The van der Waals surface area contributed by atoms with Gasteiger partial charge in [0.1, 0.15) is 0 Å². The topological polar surface area (TPSA) is 75.3 Å². The fourth-order valence-corrected chi connectivity index (χ4v) is 1.55. The standard InChI is InChI=1S/C14H22N2O2/c1-13(2,18)9-16-12(17)14(3,4)10-5-7-11(15)8-6-10/h5-8,18H,9,15H2,1-4H3,(H,16,17). The molecular weight excluding hydrogens is 228 g/mol. The van der Waals surface area contributed by atoms with Gasteiger partial charge in [-0.3, -0.25) is 4.79 Å². The Morgan fingerprint density at radius 3 is 2.17 bits per heavy atom. The quantitative estimate of drug-likeness (QED) is 0.708. The largest absolute Gasteiger partial charge is 0.399 e. The van der Waals surface area contributed by atoms with Gasteiger partial charge in [0.25, 0.3) is 0 Å². The second-order valence-corrected chi connectivity index (χ2v) is 5.74. The Balaban J connectivity index is 2.79. The van der Waals surface area contributed by atoms with Crippen molar-refractivity contribution in [3.63, 3.8) is 0 Å². The number of nitrogens with two attached hydrogens (primary N) is 1. The number of rotatable bonds is 4. The molecule has 4 N–H and O–H groups in total. The predicted octanol–water partition coefficient (Wildman–Crippen LogP) is 1.43. The molecule has 0 aromatic heterocycles. The van der Waals surface area contributed by atoms with Crippen LogP contribution in [0.5, 0.6) is 0 Å². The van der Waals surface area contributed by atoms with Crippen LogP contribution in [-0.4, -0.2) is 23.2 Å². The molecule has 0 aliphatic carbocycles. The Bertz CT molecular complexity index is 416. The first-order valence-electron chi connectivity index (χ1n) is 5.99. The Labute approximate surface area is 108 Å². The third-order valence-electron chi connectivity index (χ3n) is 2.88. The monoisotopic (exact) mass is 250 g/mol. The van der Waals surface area contributed by atoms with Crippen molar-refractivity contribution in [3.8, 4) is 0 Å². The lowest BCUT2D eigenvalue weighted by Crippen LogP contribution is -2.45. The summed E-state index contributed by atoms with van der Waals surface area (Å²) in [5, 5.41) is 12.4. The van der Waals surface area contributed by atoms with Crippen LogP contribution < -0.4 is 11.1 Å². The zero-order valence-corrected chi connectivity index (χ0v) is 11.4. The lowest BCUT2D eigenvalue weighted by atomic mass is 9.83. The van der Waals surface area contributed by atoms with Gasteiger partial charge in [-0.15, -0.1) is 0 Å². The van der Waals surface area contributed by atoms with Crippen molar-refractivity contribution in [1.82, 2.24) is 5.32 Å². The minimum absolute atomic E-state index is 0.116. The van der Waals surface area contributed by atoms with E-state index in [9.17, 15) is 9.90 Å². The number of amides is 1. The molecule has 0 atom stereocenters. The second kappa shape index (κ2) is 4.98. The van der Waals surface area contributed by atoms with Crippen molar-refractivity contribution in [1.29, 1.82) is 0 Å². The van der Waals surface area contributed by atoms with Crippen LogP contribution in [0.4, 0.5) is 5.69 Å². The first-order chi connectivity index (χ1) is 8.13. The maximum absolute atomic E-state index is 12.1. The molecule has 4 heteroatoms. The first kappa shape index (κ1) is 14.5. The van der Waals surface area contributed by atoms with Crippen LogP contribution in [0, 0.1) is 0 Å². The maximum atomic E-state index is 12.1. The molecule has 0 aliphatic heterocycles. The summed E-state index contributed by atoms with van der Waals surface area (Å²) < 4.78 is 0. The summed E-state index contributed by atoms with van der Waals surface area (Å²) in [4.78, 5) is 12.1. The van der Waals surface area contributed by atoms with E-state index in [2.05, 4.69) is 5.32 Å². The molecule has 4 nitrogen and oxygen atoms in total. The van der Waals surface area contributed by atoms with Gasteiger partial charge in [0.05, 0.1) is 11.0 Å². The first-order valence-corrected chi connectivity index (χ1v) is 5.99. The lowest BCUT2D eigenvalue weighted by Gasteiger charge is -2.26. The zero-order valence-electron chi connectivity index (χ0n) is 11.4. The van der Waals surface area contributed by atoms with E-state index in [-0.39, 0.29) is 12.5 Å². The molecule has 100 valence electrons. The molecule has 0 saturated carbocycles. The van der Waals surface area contributed by atoms with Crippen molar-refractivity contribution in [2.24, 2.45) is 0 Å². The number of benzene rings is 1. The van der Waals surface area contributed by atoms with Crippen LogP contribution in [0.15, 0.2) is 24.3 Å². The fourth-order valence-electron chi connectivity index (χ4n) is 1.55. The van der Waals surface area contributed by atoms with Crippen LogP contribution in [0.1, 0.15) is 33.3 Å². The SMILES string of the molecule is CC(C)(O)CNC(=O)C(C)(C)c1ccc(N)cc1. The molecule has 0 saturated heterocycles. The number of hydrogen-bond donors (Lipinski definition) is 3. The zero-order chi connectivity index (χ0) is 14.0. The highest BCUT2D eigenvalue weighted by Gasteiger charge is 2.30. The Morgan fingerprint density at radius 1 is 1.22 bits per heavy atom. The van der Waals surface area contributed by atoms with Crippen LogP contribution in [0.2, 0.25) is 0 Å². The minimum atomic E-state index is -0.910. The number of carbonyl (C=O) groups is 1. The van der Waals surface area contributed by atoms with Crippen molar-refractivity contribution in [2.45, 2.75) is 38.7 Å². The van der Waals surface area contributed by atoms with Gasteiger partial charge in [-0.25, -0.2) is 0 Å². The summed E-state index contributed by atoms with van der Waals surface area (Å²) >= 11 is 0. The Morgan fingerprint density at radius 2 is 1.72 bits per heavy atom. The molecule has 0 heterocycles. The average Bonchev–Trinajstić information content (AvgIpc) is 2.25. The van der Waals surface area contributed by atoms with Crippen molar-refractivity contribution in [2.75, 3.05) is 12.3 Å². The Hall–Kier alpha value is -1.55. The van der Waals surface area contributed by atoms with Gasteiger partial charge in [0.15, 0.2) is 0 Å². The summed E-state index contributed by atoms with van der Waals surface area (Å²) in [6, 6.07) is 7.25.